The molecule has 6 heteroatoms. The molecular formula is C13H14N4O2. The van der Waals surface area contributed by atoms with Crippen LogP contribution in [0, 0.1) is 0 Å². The van der Waals surface area contributed by atoms with Crippen molar-refractivity contribution in [2.75, 3.05) is 31.2 Å². The largest absolute Gasteiger partial charge is 0.378 e. The van der Waals surface area contributed by atoms with E-state index in [9.17, 15) is 4.79 Å². The number of benzene rings is 1. The quantitative estimate of drug-likeness (QED) is 0.857. The molecular weight excluding hydrogens is 244 g/mol. The predicted molar refractivity (Wildman–Crippen MR) is 71.1 cm³/mol. The molecule has 0 aliphatic carbocycles. The van der Waals surface area contributed by atoms with Crippen LogP contribution in [0.5, 0.6) is 0 Å². The first-order valence-electron chi connectivity index (χ1n) is 6.20. The minimum absolute atomic E-state index is 0.220. The Morgan fingerprint density at radius 1 is 1.16 bits per heavy atom. The topological polar surface area (TPSA) is 71.1 Å². The van der Waals surface area contributed by atoms with Crippen molar-refractivity contribution in [3.05, 3.63) is 40.7 Å². The molecule has 0 amide bonds. The van der Waals surface area contributed by atoms with Crippen molar-refractivity contribution >= 4 is 5.82 Å². The Morgan fingerprint density at radius 3 is 2.63 bits per heavy atom. The molecule has 0 unspecified atom stereocenters. The van der Waals surface area contributed by atoms with E-state index in [0.717, 1.165) is 18.7 Å². The molecule has 3 rings (SSSR count). The Hall–Kier alpha value is -2.21. The number of ether oxygens (including phenoxy) is 1. The van der Waals surface area contributed by atoms with Crippen molar-refractivity contribution in [3.63, 3.8) is 0 Å². The number of hydrogen-bond acceptors (Lipinski definition) is 5. The highest BCUT2D eigenvalue weighted by Gasteiger charge is 2.20. The second-order valence-electron chi connectivity index (χ2n) is 4.30. The lowest BCUT2D eigenvalue weighted by atomic mass is 10.1. The molecule has 19 heavy (non-hydrogen) atoms. The minimum atomic E-state index is -0.220. The van der Waals surface area contributed by atoms with E-state index in [1.807, 2.05) is 35.2 Å². The fourth-order valence-corrected chi connectivity index (χ4v) is 2.19. The van der Waals surface area contributed by atoms with Gasteiger partial charge >= 0.3 is 0 Å². The molecule has 2 heterocycles. The Balaban J connectivity index is 2.10. The van der Waals surface area contributed by atoms with Gasteiger partial charge in [-0.1, -0.05) is 35.5 Å². The number of morpholine rings is 1. The number of nitrogens with zero attached hydrogens (tertiary/aromatic N) is 3. The van der Waals surface area contributed by atoms with Crippen LogP contribution in [0.2, 0.25) is 0 Å². The summed E-state index contributed by atoms with van der Waals surface area (Å²) in [7, 11) is 0. The third kappa shape index (κ3) is 2.34. The maximum atomic E-state index is 12.1. The lowest BCUT2D eigenvalue weighted by molar-refractivity contribution is 0.122. The van der Waals surface area contributed by atoms with E-state index in [4.69, 9.17) is 4.74 Å². The van der Waals surface area contributed by atoms with Gasteiger partial charge in [-0.25, -0.2) is 5.10 Å². The second-order valence-corrected chi connectivity index (χ2v) is 4.30. The summed E-state index contributed by atoms with van der Waals surface area (Å²) in [6, 6.07) is 9.52. The molecule has 1 aromatic carbocycles. The smallest absolute Gasteiger partial charge is 0.277 e. The highest BCUT2D eigenvalue weighted by molar-refractivity contribution is 5.74. The van der Waals surface area contributed by atoms with Crippen molar-refractivity contribution in [2.24, 2.45) is 0 Å². The van der Waals surface area contributed by atoms with E-state index in [-0.39, 0.29) is 5.56 Å². The highest BCUT2D eigenvalue weighted by Crippen LogP contribution is 2.24. The van der Waals surface area contributed by atoms with Crippen LogP contribution in [-0.4, -0.2) is 41.7 Å². The molecule has 1 aliphatic heterocycles. The van der Waals surface area contributed by atoms with Gasteiger partial charge in [0.05, 0.1) is 18.8 Å². The van der Waals surface area contributed by atoms with E-state index in [2.05, 4.69) is 15.4 Å². The van der Waals surface area contributed by atoms with Gasteiger partial charge in [0, 0.05) is 13.1 Å². The molecule has 0 atom stereocenters. The molecule has 1 N–H and O–H groups in total. The van der Waals surface area contributed by atoms with E-state index in [0.29, 0.717) is 24.6 Å². The van der Waals surface area contributed by atoms with Crippen molar-refractivity contribution in [2.45, 2.75) is 0 Å². The lowest BCUT2D eigenvalue weighted by Crippen LogP contribution is -2.38. The van der Waals surface area contributed by atoms with Crippen molar-refractivity contribution in [1.82, 2.24) is 15.4 Å². The summed E-state index contributed by atoms with van der Waals surface area (Å²) in [6.45, 7) is 2.72. The van der Waals surface area contributed by atoms with Crippen LogP contribution in [0.25, 0.3) is 11.1 Å². The third-order valence-corrected chi connectivity index (χ3v) is 3.12. The SMILES string of the molecule is O=c1[nH]nnc(N2CCOCC2)c1-c1ccccc1. The lowest BCUT2D eigenvalue weighted by Gasteiger charge is -2.28. The van der Waals surface area contributed by atoms with Gasteiger partial charge in [-0.3, -0.25) is 4.79 Å². The molecule has 1 fully saturated rings. The fourth-order valence-electron chi connectivity index (χ4n) is 2.19. The Morgan fingerprint density at radius 2 is 1.89 bits per heavy atom. The number of aromatic amines is 1. The first kappa shape index (κ1) is 11.9. The van der Waals surface area contributed by atoms with Gasteiger partial charge in [0.2, 0.25) is 0 Å². The van der Waals surface area contributed by atoms with Crippen molar-refractivity contribution in [1.29, 1.82) is 0 Å². The number of anilines is 1. The Labute approximate surface area is 110 Å². The first-order valence-corrected chi connectivity index (χ1v) is 6.20. The van der Waals surface area contributed by atoms with Crippen LogP contribution in [-0.2, 0) is 4.74 Å². The zero-order chi connectivity index (χ0) is 13.1. The number of aromatic nitrogens is 3. The Bertz CT molecular complexity index is 606. The average Bonchev–Trinajstić information content (AvgIpc) is 2.49. The minimum Gasteiger partial charge on any atom is -0.378 e. The molecule has 98 valence electrons. The van der Waals surface area contributed by atoms with Gasteiger partial charge in [0.1, 0.15) is 0 Å². The van der Waals surface area contributed by atoms with Gasteiger partial charge in [-0.15, -0.1) is 5.10 Å². The number of hydrogen-bond donors (Lipinski definition) is 1. The van der Waals surface area contributed by atoms with E-state index < -0.39 is 0 Å². The summed E-state index contributed by atoms with van der Waals surface area (Å²) in [5.74, 6) is 0.623. The molecule has 0 spiro atoms. The first-order chi connectivity index (χ1) is 9.36. The molecule has 0 saturated carbocycles. The Kier molecular flexibility index (Phi) is 3.24. The van der Waals surface area contributed by atoms with Gasteiger partial charge in [-0.05, 0) is 5.56 Å². The van der Waals surface area contributed by atoms with Gasteiger partial charge in [0.25, 0.3) is 5.56 Å². The molecule has 1 saturated heterocycles. The van der Waals surface area contributed by atoms with Crippen molar-refractivity contribution < 1.29 is 4.74 Å². The van der Waals surface area contributed by atoms with Gasteiger partial charge in [-0.2, -0.15) is 0 Å². The summed E-state index contributed by atoms with van der Waals surface area (Å²) >= 11 is 0. The van der Waals surface area contributed by atoms with Crippen molar-refractivity contribution in [3.8, 4) is 11.1 Å². The third-order valence-electron chi connectivity index (χ3n) is 3.12. The van der Waals surface area contributed by atoms with Gasteiger partial charge < -0.3 is 9.64 Å². The molecule has 0 bridgehead atoms. The maximum Gasteiger partial charge on any atom is 0.277 e. The molecule has 6 nitrogen and oxygen atoms in total. The second kappa shape index (κ2) is 5.19. The monoisotopic (exact) mass is 258 g/mol. The van der Waals surface area contributed by atoms with E-state index in [1.165, 1.54) is 0 Å². The summed E-state index contributed by atoms with van der Waals surface area (Å²) in [5.41, 5.74) is 1.19. The number of nitrogens with one attached hydrogen (secondary N) is 1. The molecule has 1 aliphatic rings. The zero-order valence-electron chi connectivity index (χ0n) is 10.4. The van der Waals surface area contributed by atoms with Crippen LogP contribution in [0.15, 0.2) is 35.1 Å². The van der Waals surface area contributed by atoms with E-state index in [1.54, 1.807) is 0 Å². The number of H-pyrrole nitrogens is 1. The van der Waals surface area contributed by atoms with Gasteiger partial charge in [0.15, 0.2) is 5.82 Å². The maximum absolute atomic E-state index is 12.1. The highest BCUT2D eigenvalue weighted by atomic mass is 16.5. The van der Waals surface area contributed by atoms with E-state index >= 15 is 0 Å². The molecule has 1 aromatic heterocycles. The van der Waals surface area contributed by atoms with Crippen LogP contribution >= 0.6 is 0 Å². The van der Waals surface area contributed by atoms with Crippen LogP contribution < -0.4 is 10.5 Å². The zero-order valence-corrected chi connectivity index (χ0v) is 10.4. The molecule has 2 aromatic rings. The predicted octanol–water partition coefficient (Wildman–Crippen LogP) is 0.668. The standard InChI is InChI=1S/C13H14N4O2/c18-13-11(10-4-2-1-3-5-10)12(14-16-15-13)17-6-8-19-9-7-17/h1-5H,6-9H2,(H,14,15,18). The normalized spacial score (nSPS) is 15.5. The van der Waals surface area contributed by atoms with Crippen LogP contribution in [0.4, 0.5) is 5.82 Å². The summed E-state index contributed by atoms with van der Waals surface area (Å²) in [4.78, 5) is 14.1. The summed E-state index contributed by atoms with van der Waals surface area (Å²) in [5, 5.41) is 10.2. The number of rotatable bonds is 2. The average molecular weight is 258 g/mol. The fraction of sp³-hybridized carbons (Fsp3) is 0.308. The van der Waals surface area contributed by atoms with Crippen LogP contribution in [0.3, 0.4) is 0 Å². The summed E-state index contributed by atoms with van der Waals surface area (Å²) < 4.78 is 5.32. The molecule has 0 radical (unpaired) electrons. The van der Waals surface area contributed by atoms with Crippen LogP contribution in [0.1, 0.15) is 0 Å². The summed E-state index contributed by atoms with van der Waals surface area (Å²) in [6.07, 6.45) is 0.